The van der Waals surface area contributed by atoms with Crippen molar-refractivity contribution in [2.45, 2.75) is 19.9 Å². The number of anilines is 1. The van der Waals surface area contributed by atoms with Crippen molar-refractivity contribution in [1.82, 2.24) is 9.97 Å². The van der Waals surface area contributed by atoms with Crippen molar-refractivity contribution in [2.24, 2.45) is 0 Å². The van der Waals surface area contributed by atoms with Gasteiger partial charge >= 0.3 is 0 Å². The van der Waals surface area contributed by atoms with Gasteiger partial charge in [-0.15, -0.1) is 0 Å². The van der Waals surface area contributed by atoms with Gasteiger partial charge in [0.2, 0.25) is 0 Å². The van der Waals surface area contributed by atoms with Gasteiger partial charge in [0.25, 0.3) is 5.56 Å². The first-order valence-electron chi connectivity index (χ1n) is 6.95. The fourth-order valence-electron chi connectivity index (χ4n) is 2.36. The van der Waals surface area contributed by atoms with Gasteiger partial charge in [0.15, 0.2) is 0 Å². The number of aromatic nitrogens is 2. The SMILES string of the molecule is Cc1cccc(N[C@@H](C)c2nc3ccccc3c(=O)[nH]2)c1. The second-order valence-corrected chi connectivity index (χ2v) is 5.20. The zero-order valence-corrected chi connectivity index (χ0v) is 12.1. The van der Waals surface area contributed by atoms with Gasteiger partial charge in [-0.05, 0) is 43.7 Å². The average Bonchev–Trinajstić information content (AvgIpc) is 2.47. The van der Waals surface area contributed by atoms with Gasteiger partial charge in [-0.25, -0.2) is 4.98 Å². The van der Waals surface area contributed by atoms with E-state index in [1.165, 1.54) is 5.56 Å². The highest BCUT2D eigenvalue weighted by Crippen LogP contribution is 2.18. The predicted molar refractivity (Wildman–Crippen MR) is 85.6 cm³/mol. The smallest absolute Gasteiger partial charge is 0.258 e. The third kappa shape index (κ3) is 2.79. The van der Waals surface area contributed by atoms with Gasteiger partial charge in [0, 0.05) is 5.69 Å². The van der Waals surface area contributed by atoms with Crippen LogP contribution in [0.5, 0.6) is 0 Å². The van der Waals surface area contributed by atoms with Gasteiger partial charge in [0.1, 0.15) is 5.82 Å². The Kier molecular flexibility index (Phi) is 3.44. The molecule has 3 rings (SSSR count). The summed E-state index contributed by atoms with van der Waals surface area (Å²) < 4.78 is 0. The van der Waals surface area contributed by atoms with Gasteiger partial charge in [-0.1, -0.05) is 24.3 Å². The summed E-state index contributed by atoms with van der Waals surface area (Å²) in [6, 6.07) is 15.4. The van der Waals surface area contributed by atoms with E-state index in [0.29, 0.717) is 16.7 Å². The molecule has 0 saturated carbocycles. The number of aryl methyl sites for hydroxylation is 1. The molecule has 0 bridgehead atoms. The number of fused-ring (bicyclic) bond motifs is 1. The van der Waals surface area contributed by atoms with Gasteiger partial charge < -0.3 is 10.3 Å². The van der Waals surface area contributed by atoms with Crippen LogP contribution in [0.4, 0.5) is 5.69 Å². The van der Waals surface area contributed by atoms with Crippen LogP contribution >= 0.6 is 0 Å². The first-order chi connectivity index (χ1) is 10.1. The van der Waals surface area contributed by atoms with Crippen molar-refractivity contribution >= 4 is 16.6 Å². The summed E-state index contributed by atoms with van der Waals surface area (Å²) in [5, 5.41) is 3.97. The molecule has 1 heterocycles. The lowest BCUT2D eigenvalue weighted by Gasteiger charge is -2.15. The van der Waals surface area contributed by atoms with Crippen molar-refractivity contribution in [3.8, 4) is 0 Å². The van der Waals surface area contributed by atoms with E-state index >= 15 is 0 Å². The molecule has 1 atom stereocenters. The Balaban J connectivity index is 1.94. The Bertz CT molecular complexity index is 839. The average molecular weight is 279 g/mol. The Morgan fingerprint density at radius 2 is 1.95 bits per heavy atom. The Hall–Kier alpha value is -2.62. The number of rotatable bonds is 3. The third-order valence-corrected chi connectivity index (χ3v) is 3.44. The number of hydrogen-bond acceptors (Lipinski definition) is 3. The summed E-state index contributed by atoms with van der Waals surface area (Å²) in [4.78, 5) is 19.5. The van der Waals surface area contributed by atoms with Crippen LogP contribution in [-0.4, -0.2) is 9.97 Å². The van der Waals surface area contributed by atoms with Gasteiger partial charge in [-0.2, -0.15) is 0 Å². The van der Waals surface area contributed by atoms with Crippen LogP contribution < -0.4 is 10.9 Å². The standard InChI is InChI=1S/C17H17N3O/c1-11-6-5-7-13(10-11)18-12(2)16-19-15-9-4-3-8-14(15)17(21)20-16/h3-10,12,18H,1-2H3,(H,19,20,21)/t12-/m0/s1. The lowest BCUT2D eigenvalue weighted by atomic mass is 10.2. The monoisotopic (exact) mass is 279 g/mol. The van der Waals surface area contributed by atoms with E-state index < -0.39 is 0 Å². The number of nitrogens with one attached hydrogen (secondary N) is 2. The molecule has 0 unspecified atom stereocenters. The molecule has 1 aromatic heterocycles. The number of nitrogens with zero attached hydrogens (tertiary/aromatic N) is 1. The minimum absolute atomic E-state index is 0.0795. The largest absolute Gasteiger partial charge is 0.375 e. The van der Waals surface area contributed by atoms with Crippen molar-refractivity contribution in [3.05, 3.63) is 70.3 Å². The molecular formula is C17H17N3O. The Labute approximate surface area is 122 Å². The lowest BCUT2D eigenvalue weighted by Crippen LogP contribution is -2.17. The first kappa shape index (κ1) is 13.4. The number of hydrogen-bond donors (Lipinski definition) is 2. The summed E-state index contributed by atoms with van der Waals surface area (Å²) in [6.45, 7) is 4.03. The molecule has 0 amide bonds. The molecule has 0 aliphatic rings. The Morgan fingerprint density at radius 3 is 2.76 bits per heavy atom. The molecule has 0 aliphatic heterocycles. The summed E-state index contributed by atoms with van der Waals surface area (Å²) in [7, 11) is 0. The minimum atomic E-state index is -0.103. The number of para-hydroxylation sites is 1. The molecule has 2 aromatic carbocycles. The van der Waals surface area contributed by atoms with Crippen LogP contribution in [0.2, 0.25) is 0 Å². The molecule has 106 valence electrons. The highest BCUT2D eigenvalue weighted by Gasteiger charge is 2.10. The molecule has 4 nitrogen and oxygen atoms in total. The quantitative estimate of drug-likeness (QED) is 0.772. The van der Waals surface area contributed by atoms with E-state index in [2.05, 4.69) is 21.4 Å². The zero-order valence-electron chi connectivity index (χ0n) is 12.1. The second kappa shape index (κ2) is 5.40. The molecule has 2 N–H and O–H groups in total. The third-order valence-electron chi connectivity index (χ3n) is 3.44. The molecule has 0 radical (unpaired) electrons. The lowest BCUT2D eigenvalue weighted by molar-refractivity contribution is 0.791. The fourth-order valence-corrected chi connectivity index (χ4v) is 2.36. The second-order valence-electron chi connectivity index (χ2n) is 5.20. The maximum atomic E-state index is 12.1. The van der Waals surface area contributed by atoms with E-state index in [1.807, 2.05) is 50.2 Å². The molecule has 0 aliphatic carbocycles. The van der Waals surface area contributed by atoms with Crippen molar-refractivity contribution in [2.75, 3.05) is 5.32 Å². The highest BCUT2D eigenvalue weighted by molar-refractivity contribution is 5.77. The van der Waals surface area contributed by atoms with Crippen LogP contribution in [0, 0.1) is 6.92 Å². The van der Waals surface area contributed by atoms with Gasteiger partial charge in [-0.3, -0.25) is 4.79 Å². The molecular weight excluding hydrogens is 262 g/mol. The van der Waals surface area contributed by atoms with E-state index in [0.717, 1.165) is 5.69 Å². The van der Waals surface area contributed by atoms with Crippen LogP contribution in [0.1, 0.15) is 24.4 Å². The summed E-state index contributed by atoms with van der Waals surface area (Å²) in [5.41, 5.74) is 2.81. The van der Waals surface area contributed by atoms with E-state index in [4.69, 9.17) is 0 Å². The summed E-state index contributed by atoms with van der Waals surface area (Å²) in [5.74, 6) is 0.639. The number of benzene rings is 2. The van der Waals surface area contributed by atoms with Crippen LogP contribution in [0.25, 0.3) is 10.9 Å². The normalized spacial score (nSPS) is 12.3. The minimum Gasteiger partial charge on any atom is -0.375 e. The molecule has 0 saturated heterocycles. The zero-order chi connectivity index (χ0) is 14.8. The first-order valence-corrected chi connectivity index (χ1v) is 6.95. The molecule has 0 fully saturated rings. The fraction of sp³-hybridized carbons (Fsp3) is 0.176. The highest BCUT2D eigenvalue weighted by atomic mass is 16.1. The van der Waals surface area contributed by atoms with E-state index in [9.17, 15) is 4.79 Å². The predicted octanol–water partition coefficient (Wildman–Crippen LogP) is 3.40. The van der Waals surface area contributed by atoms with Crippen molar-refractivity contribution in [1.29, 1.82) is 0 Å². The van der Waals surface area contributed by atoms with Crippen LogP contribution in [0.3, 0.4) is 0 Å². The molecule has 0 spiro atoms. The van der Waals surface area contributed by atoms with Crippen molar-refractivity contribution in [3.63, 3.8) is 0 Å². The molecule has 3 aromatic rings. The topological polar surface area (TPSA) is 57.8 Å². The number of aromatic amines is 1. The maximum absolute atomic E-state index is 12.1. The number of H-pyrrole nitrogens is 1. The molecule has 4 heteroatoms. The van der Waals surface area contributed by atoms with Crippen LogP contribution in [0.15, 0.2) is 53.3 Å². The van der Waals surface area contributed by atoms with Crippen molar-refractivity contribution < 1.29 is 0 Å². The summed E-state index contributed by atoms with van der Waals surface area (Å²) >= 11 is 0. The van der Waals surface area contributed by atoms with Gasteiger partial charge in [0.05, 0.1) is 16.9 Å². The summed E-state index contributed by atoms with van der Waals surface area (Å²) in [6.07, 6.45) is 0. The maximum Gasteiger partial charge on any atom is 0.258 e. The van der Waals surface area contributed by atoms with Crippen LogP contribution in [-0.2, 0) is 0 Å². The van der Waals surface area contributed by atoms with E-state index in [-0.39, 0.29) is 11.6 Å². The van der Waals surface area contributed by atoms with E-state index in [1.54, 1.807) is 6.07 Å². The Morgan fingerprint density at radius 1 is 1.14 bits per heavy atom. The molecule has 21 heavy (non-hydrogen) atoms.